The Morgan fingerprint density at radius 1 is 0.970 bits per heavy atom. The van der Waals surface area contributed by atoms with E-state index in [9.17, 15) is 18.0 Å². The van der Waals surface area contributed by atoms with Crippen molar-refractivity contribution in [2.24, 2.45) is 5.14 Å². The largest absolute Gasteiger partial charge is 0.467 e. The summed E-state index contributed by atoms with van der Waals surface area (Å²) >= 11 is 12.2. The van der Waals surface area contributed by atoms with Gasteiger partial charge in [0.15, 0.2) is 0 Å². The summed E-state index contributed by atoms with van der Waals surface area (Å²) in [6.07, 6.45) is 0.123. The minimum atomic E-state index is -3.90. The summed E-state index contributed by atoms with van der Waals surface area (Å²) in [5.74, 6) is -1.25. The molecule has 10 heteroatoms. The van der Waals surface area contributed by atoms with Crippen molar-refractivity contribution in [3.05, 3.63) is 87.9 Å². The standard InChI is InChI=1S/C23H20Cl2N2O5S/c1-32-23(29)19(27-22(28)21-17(24)6-4-7-18(21)25)13-14-9-11-15(12-10-14)16-5-2-3-8-20(16)33(26,30)31/h2-12,19H,13H2,1H3,(H,27,28)(H2,26,30,31)/t19-/m0/s1. The van der Waals surface area contributed by atoms with Crippen molar-refractivity contribution in [1.82, 2.24) is 5.32 Å². The zero-order chi connectivity index (χ0) is 24.2. The van der Waals surface area contributed by atoms with Crippen molar-refractivity contribution in [2.45, 2.75) is 17.4 Å². The number of halogens is 2. The van der Waals surface area contributed by atoms with Gasteiger partial charge in [0, 0.05) is 12.0 Å². The average molecular weight is 507 g/mol. The Hall–Kier alpha value is -2.91. The molecule has 0 bridgehead atoms. The molecular weight excluding hydrogens is 487 g/mol. The third kappa shape index (κ3) is 5.91. The Balaban J connectivity index is 1.84. The van der Waals surface area contributed by atoms with Gasteiger partial charge in [0.2, 0.25) is 10.0 Å². The van der Waals surface area contributed by atoms with Gasteiger partial charge in [0.05, 0.1) is 27.6 Å². The first-order valence-corrected chi connectivity index (χ1v) is 12.0. The second-order valence-corrected chi connectivity index (χ2v) is 9.43. The van der Waals surface area contributed by atoms with Crippen LogP contribution in [-0.4, -0.2) is 33.4 Å². The molecule has 0 unspecified atom stereocenters. The monoisotopic (exact) mass is 506 g/mol. The molecule has 0 heterocycles. The summed E-state index contributed by atoms with van der Waals surface area (Å²) < 4.78 is 28.6. The number of methoxy groups -OCH3 is 1. The van der Waals surface area contributed by atoms with Crippen molar-refractivity contribution in [3.63, 3.8) is 0 Å². The molecule has 0 fully saturated rings. The van der Waals surface area contributed by atoms with Gasteiger partial charge in [-0.25, -0.2) is 18.4 Å². The number of rotatable bonds is 7. The molecule has 1 amide bonds. The highest BCUT2D eigenvalue weighted by atomic mass is 35.5. The minimum absolute atomic E-state index is 0.00840. The Labute approximate surface area is 201 Å². The number of hydrogen-bond acceptors (Lipinski definition) is 5. The van der Waals surface area contributed by atoms with Crippen molar-refractivity contribution in [3.8, 4) is 11.1 Å². The maximum atomic E-state index is 12.7. The highest BCUT2D eigenvalue weighted by molar-refractivity contribution is 7.89. The number of nitrogens with two attached hydrogens (primary N) is 1. The lowest BCUT2D eigenvalue weighted by Gasteiger charge is -2.18. The van der Waals surface area contributed by atoms with E-state index in [0.29, 0.717) is 16.7 Å². The van der Waals surface area contributed by atoms with Gasteiger partial charge in [0.25, 0.3) is 5.91 Å². The fraction of sp³-hybridized carbons (Fsp3) is 0.130. The van der Waals surface area contributed by atoms with E-state index in [4.69, 9.17) is 33.1 Å². The molecule has 3 aromatic rings. The lowest BCUT2D eigenvalue weighted by molar-refractivity contribution is -0.142. The van der Waals surface area contributed by atoms with Crippen LogP contribution in [0, 0.1) is 0 Å². The molecule has 0 spiro atoms. The minimum Gasteiger partial charge on any atom is -0.467 e. The van der Waals surface area contributed by atoms with Crippen molar-refractivity contribution in [1.29, 1.82) is 0 Å². The Bertz CT molecular complexity index is 1270. The van der Waals surface area contributed by atoms with E-state index in [-0.39, 0.29) is 26.9 Å². The lowest BCUT2D eigenvalue weighted by atomic mass is 10.0. The molecule has 33 heavy (non-hydrogen) atoms. The normalized spacial score (nSPS) is 12.1. The van der Waals surface area contributed by atoms with Crippen LogP contribution in [0.15, 0.2) is 71.6 Å². The lowest BCUT2D eigenvalue weighted by Crippen LogP contribution is -2.43. The van der Waals surface area contributed by atoms with E-state index in [2.05, 4.69) is 5.32 Å². The second-order valence-electron chi connectivity index (χ2n) is 7.09. The van der Waals surface area contributed by atoms with E-state index >= 15 is 0 Å². The molecule has 7 nitrogen and oxygen atoms in total. The number of hydrogen-bond donors (Lipinski definition) is 2. The van der Waals surface area contributed by atoms with Crippen LogP contribution >= 0.6 is 23.2 Å². The van der Waals surface area contributed by atoms with Gasteiger partial charge < -0.3 is 10.1 Å². The highest BCUT2D eigenvalue weighted by Crippen LogP contribution is 2.27. The molecule has 0 aliphatic rings. The van der Waals surface area contributed by atoms with E-state index in [1.807, 2.05) is 0 Å². The second kappa shape index (κ2) is 10.4. The smallest absolute Gasteiger partial charge is 0.328 e. The van der Waals surface area contributed by atoms with E-state index in [1.54, 1.807) is 48.5 Å². The number of amides is 1. The van der Waals surface area contributed by atoms with Crippen molar-refractivity contribution >= 4 is 45.1 Å². The van der Waals surface area contributed by atoms with Gasteiger partial charge in [-0.15, -0.1) is 0 Å². The molecule has 172 valence electrons. The summed E-state index contributed by atoms with van der Waals surface area (Å²) in [5, 5.41) is 8.24. The van der Waals surface area contributed by atoms with Crippen molar-refractivity contribution < 1.29 is 22.7 Å². The molecule has 3 N–H and O–H groups in total. The molecule has 0 saturated heterocycles. The zero-order valence-electron chi connectivity index (χ0n) is 17.4. The number of primary sulfonamides is 1. The SMILES string of the molecule is COC(=O)[C@H](Cc1ccc(-c2ccccc2S(N)(=O)=O)cc1)NC(=O)c1c(Cl)cccc1Cl. The van der Waals surface area contributed by atoms with E-state index < -0.39 is 27.9 Å². The third-order valence-electron chi connectivity index (χ3n) is 4.88. The molecule has 0 aromatic heterocycles. The van der Waals surface area contributed by atoms with E-state index in [0.717, 1.165) is 0 Å². The predicted octanol–water partition coefficient (Wildman–Crippen LogP) is 3.82. The van der Waals surface area contributed by atoms with Gasteiger partial charge in [-0.05, 0) is 29.3 Å². The van der Waals surface area contributed by atoms with Gasteiger partial charge in [-0.2, -0.15) is 0 Å². The summed E-state index contributed by atoms with van der Waals surface area (Å²) in [7, 11) is -2.68. The number of esters is 1. The molecule has 0 saturated carbocycles. The van der Waals surface area contributed by atoms with Gasteiger partial charge in [-0.1, -0.05) is 71.7 Å². The fourth-order valence-electron chi connectivity index (χ4n) is 3.29. The number of carbonyl (C=O) groups excluding carboxylic acids is 2. The van der Waals surface area contributed by atoms with E-state index in [1.165, 1.54) is 25.3 Å². The maximum absolute atomic E-state index is 12.7. The van der Waals surface area contributed by atoms with Crippen LogP contribution < -0.4 is 10.5 Å². The summed E-state index contributed by atoms with van der Waals surface area (Å²) in [4.78, 5) is 25.0. The summed E-state index contributed by atoms with van der Waals surface area (Å²) in [6.45, 7) is 0. The number of carbonyl (C=O) groups is 2. The fourth-order valence-corrected chi connectivity index (χ4v) is 4.62. The van der Waals surface area contributed by atoms with Crippen LogP contribution in [0.5, 0.6) is 0 Å². The first kappa shape index (κ1) is 24.7. The molecule has 0 aliphatic carbocycles. The van der Waals surface area contributed by atoms with Crippen LogP contribution in [0.25, 0.3) is 11.1 Å². The topological polar surface area (TPSA) is 116 Å². The number of sulfonamides is 1. The number of nitrogens with one attached hydrogen (secondary N) is 1. The molecule has 3 rings (SSSR count). The van der Waals surface area contributed by atoms with Crippen LogP contribution in [0.4, 0.5) is 0 Å². The summed E-state index contributed by atoms with van der Waals surface area (Å²) in [5.41, 5.74) is 1.85. The van der Waals surface area contributed by atoms with Crippen LogP contribution in [0.1, 0.15) is 15.9 Å². The predicted molar refractivity (Wildman–Crippen MR) is 127 cm³/mol. The molecule has 1 atom stereocenters. The van der Waals surface area contributed by atoms with Gasteiger partial charge in [0.1, 0.15) is 6.04 Å². The maximum Gasteiger partial charge on any atom is 0.328 e. The van der Waals surface area contributed by atoms with Crippen LogP contribution in [-0.2, 0) is 26.0 Å². The Morgan fingerprint density at radius 2 is 1.58 bits per heavy atom. The third-order valence-corrected chi connectivity index (χ3v) is 6.48. The molecule has 0 radical (unpaired) electrons. The van der Waals surface area contributed by atoms with Gasteiger partial charge >= 0.3 is 5.97 Å². The Kier molecular flexibility index (Phi) is 7.76. The Morgan fingerprint density at radius 3 is 2.15 bits per heavy atom. The first-order valence-electron chi connectivity index (χ1n) is 9.65. The quantitative estimate of drug-likeness (QED) is 0.472. The van der Waals surface area contributed by atoms with Gasteiger partial charge in [-0.3, -0.25) is 4.79 Å². The summed E-state index contributed by atoms with van der Waals surface area (Å²) in [6, 6.07) is 16.9. The first-order chi connectivity index (χ1) is 15.6. The number of benzene rings is 3. The average Bonchev–Trinajstić information content (AvgIpc) is 2.78. The zero-order valence-corrected chi connectivity index (χ0v) is 19.7. The molecule has 3 aromatic carbocycles. The highest BCUT2D eigenvalue weighted by Gasteiger charge is 2.25. The number of ether oxygens (including phenoxy) is 1. The molecular formula is C23H20Cl2N2O5S. The van der Waals surface area contributed by atoms with Crippen molar-refractivity contribution in [2.75, 3.05) is 7.11 Å². The van der Waals surface area contributed by atoms with Crippen LogP contribution in [0.2, 0.25) is 10.0 Å². The van der Waals surface area contributed by atoms with Crippen LogP contribution in [0.3, 0.4) is 0 Å². The molecule has 0 aliphatic heterocycles.